The second kappa shape index (κ2) is 5.36. The van der Waals surface area contributed by atoms with Crippen LogP contribution in [0.2, 0.25) is 0 Å². The van der Waals surface area contributed by atoms with E-state index in [4.69, 9.17) is 23.4 Å². The fraction of sp³-hybridized carbons (Fsp3) is 0.667. The zero-order chi connectivity index (χ0) is 10.4. The number of rotatable bonds is 5. The predicted octanol–water partition coefficient (Wildman–Crippen LogP) is -1.34. The number of guanidine groups is 1. The third-order valence-corrected chi connectivity index (χ3v) is 1.17. The van der Waals surface area contributed by atoms with Gasteiger partial charge in [0.25, 0.3) is 0 Å². The smallest absolute Gasteiger partial charge is 0.320 e. The molecule has 0 aromatic carbocycles. The van der Waals surface area contributed by atoms with Crippen molar-refractivity contribution in [2.75, 3.05) is 6.54 Å². The third-order valence-electron chi connectivity index (χ3n) is 1.17. The summed E-state index contributed by atoms with van der Waals surface area (Å²) in [6, 6.07) is -1.03. The number of carbonyl (C=O) groups is 1. The molecule has 0 bridgehead atoms. The van der Waals surface area contributed by atoms with Crippen LogP contribution in [-0.2, 0) is 4.79 Å². The lowest BCUT2D eigenvalue weighted by Gasteiger charge is -2.06. The van der Waals surface area contributed by atoms with Gasteiger partial charge in [0.2, 0.25) is 0 Å². The molecular weight excluding hydrogens is 166 g/mol. The summed E-state index contributed by atoms with van der Waals surface area (Å²) in [5.41, 5.74) is 10.2. The summed E-state index contributed by atoms with van der Waals surface area (Å²) in [7, 11) is 0. The van der Waals surface area contributed by atoms with Gasteiger partial charge in [0.15, 0.2) is 5.96 Å². The second-order valence-electron chi connectivity index (χ2n) is 2.26. The summed E-state index contributed by atoms with van der Waals surface area (Å²) in [5, 5.41) is 17.6. The van der Waals surface area contributed by atoms with Crippen molar-refractivity contribution in [3.63, 3.8) is 0 Å². The van der Waals surface area contributed by atoms with E-state index in [1.165, 1.54) is 0 Å². The highest BCUT2D eigenvalue weighted by atomic mass is 16.4. The molecule has 0 aliphatic carbocycles. The Balaban J connectivity index is 3.67. The minimum absolute atomic E-state index is 0.0373. The van der Waals surface area contributed by atoms with Crippen LogP contribution in [0.1, 0.15) is 14.2 Å². The lowest BCUT2D eigenvalue weighted by Crippen LogP contribution is -2.34. The van der Waals surface area contributed by atoms with Gasteiger partial charge < -0.3 is 21.9 Å². The van der Waals surface area contributed by atoms with Crippen molar-refractivity contribution >= 4 is 11.9 Å². The lowest BCUT2D eigenvalue weighted by atomic mass is 10.6. The maximum absolute atomic E-state index is 10.3. The van der Waals surface area contributed by atoms with Crippen LogP contribution in [0.5, 0.6) is 0 Å². The number of carboxylic acids is 1. The van der Waals surface area contributed by atoms with Gasteiger partial charge in [0.05, 0.1) is 0 Å². The monoisotopic (exact) mass is 181 g/mol. The van der Waals surface area contributed by atoms with Crippen LogP contribution in [0, 0.1) is 5.41 Å². The molecule has 0 aliphatic rings. The van der Waals surface area contributed by atoms with Gasteiger partial charge in [0, 0.05) is 7.92 Å². The Morgan fingerprint density at radius 2 is 2.42 bits per heavy atom. The number of carboxylic acid groups (broad SMARTS) is 1. The summed E-state index contributed by atoms with van der Waals surface area (Å²) in [6.45, 7) is 0.135. The van der Waals surface area contributed by atoms with E-state index in [1.807, 2.05) is 0 Å². The van der Waals surface area contributed by atoms with E-state index < -0.39 is 18.4 Å². The molecule has 0 fully saturated rings. The minimum Gasteiger partial charge on any atom is -0.480 e. The van der Waals surface area contributed by atoms with Crippen molar-refractivity contribution in [2.24, 2.45) is 11.5 Å². The standard InChI is InChI=1S/C6H14N4O2/c7-4(5(11)12)2-1-3-10-6(8)9/h4H,1-3,7H2,(H,11,12)(H4,8,9,10)/t4-/m0/s1/i1+1D,4+1,7+1,8+1,9+1,10+1/t1?,4-. The summed E-state index contributed by atoms with van der Waals surface area (Å²) >= 11 is 0. The Morgan fingerprint density at radius 3 is 2.83 bits per heavy atom. The van der Waals surface area contributed by atoms with Gasteiger partial charge in [-0.2, -0.15) is 0 Å². The first kappa shape index (κ1) is 8.79. The molecule has 7 N–H and O–H groups in total. The van der Waals surface area contributed by atoms with Gasteiger partial charge >= 0.3 is 5.97 Å². The first-order chi connectivity index (χ1) is 5.93. The zero-order valence-corrected chi connectivity index (χ0v) is 6.58. The van der Waals surface area contributed by atoms with E-state index in [1.54, 1.807) is 0 Å². The van der Waals surface area contributed by atoms with E-state index in [2.05, 4.69) is 5.32 Å². The summed E-state index contributed by atoms with van der Waals surface area (Å²) < 4.78 is 7.33. The number of hydrogen-bond donors (Lipinski definition) is 5. The molecule has 6 nitrogen and oxygen atoms in total. The van der Waals surface area contributed by atoms with Gasteiger partial charge in [0.1, 0.15) is 6.04 Å². The number of aliphatic carboxylic acids is 1. The topological polar surface area (TPSA) is 125 Å². The average molecular weight is 181 g/mol. The van der Waals surface area contributed by atoms with Crippen molar-refractivity contribution in [3.8, 4) is 0 Å². The second-order valence-corrected chi connectivity index (χ2v) is 2.26. The molecule has 0 heterocycles. The molecule has 0 aliphatic heterocycles. The van der Waals surface area contributed by atoms with Gasteiger partial charge in [-0.3, -0.25) is 10.2 Å². The van der Waals surface area contributed by atoms with Gasteiger partial charge in [-0.05, 0) is 12.8 Å². The predicted molar refractivity (Wildman–Crippen MR) is 44.8 cm³/mol. The molecule has 0 saturated carbocycles. The van der Waals surface area contributed by atoms with Crippen LogP contribution in [-0.4, -0.2) is 29.6 Å². The van der Waals surface area contributed by atoms with Gasteiger partial charge in [-0.15, -0.1) is 0 Å². The molecule has 12 heavy (non-hydrogen) atoms. The first-order valence-electron chi connectivity index (χ1n) is 3.99. The SMILES string of the molecule is [2H][13CH](C[15NH]C(=[15NH])[15NH2])C[13C@H]([15NH2])C(=O)O. The Kier molecular flexibility index (Phi) is 3.93. The molecule has 2 atom stereocenters. The highest BCUT2D eigenvalue weighted by Gasteiger charge is 2.09. The van der Waals surface area contributed by atoms with Crippen LogP contribution >= 0.6 is 0 Å². The van der Waals surface area contributed by atoms with Crippen molar-refractivity contribution in [1.82, 2.24) is 5.32 Å². The Morgan fingerprint density at radius 1 is 1.83 bits per heavy atom. The molecule has 0 aromatic heterocycles. The average Bonchev–Trinajstić information content (AvgIpc) is 2.00. The van der Waals surface area contributed by atoms with E-state index in [0.717, 1.165) is 0 Å². The molecule has 0 saturated heterocycles. The highest BCUT2D eigenvalue weighted by molar-refractivity contribution is 5.74. The number of hydrogen-bond acceptors (Lipinski definition) is 3. The molecule has 1 unspecified atom stereocenters. The zero-order valence-electron chi connectivity index (χ0n) is 7.58. The van der Waals surface area contributed by atoms with Gasteiger partial charge in [-0.25, -0.2) is 0 Å². The van der Waals surface area contributed by atoms with Crippen molar-refractivity contribution < 1.29 is 11.3 Å². The fourth-order valence-corrected chi connectivity index (χ4v) is 0.546. The van der Waals surface area contributed by atoms with Crippen molar-refractivity contribution in [1.29, 1.82) is 5.41 Å². The van der Waals surface area contributed by atoms with E-state index in [0.29, 0.717) is 0 Å². The summed E-state index contributed by atoms with van der Waals surface area (Å²) in [4.78, 5) is 10.3. The van der Waals surface area contributed by atoms with Crippen LogP contribution < -0.4 is 16.8 Å². The molecule has 0 aromatic rings. The van der Waals surface area contributed by atoms with Crippen molar-refractivity contribution in [3.05, 3.63) is 0 Å². The lowest BCUT2D eigenvalue weighted by molar-refractivity contribution is -0.138. The summed E-state index contributed by atoms with van der Waals surface area (Å²) in [5.74, 6) is -1.36. The summed E-state index contributed by atoms with van der Waals surface area (Å²) in [6.07, 6.45) is -0.634. The largest absolute Gasteiger partial charge is 0.480 e. The number of nitrogens with two attached hydrogens (primary N) is 2. The third kappa shape index (κ3) is 5.48. The number of nitrogens with one attached hydrogen (secondary N) is 2. The Labute approximate surface area is 71.8 Å². The maximum atomic E-state index is 10.3. The van der Waals surface area contributed by atoms with E-state index >= 15 is 0 Å². The highest BCUT2D eigenvalue weighted by Crippen LogP contribution is 1.92. The van der Waals surface area contributed by atoms with Crippen LogP contribution in [0.3, 0.4) is 0 Å². The van der Waals surface area contributed by atoms with E-state index in [9.17, 15) is 4.79 Å². The first-order valence-corrected chi connectivity index (χ1v) is 3.42. The van der Waals surface area contributed by atoms with Crippen LogP contribution in [0.4, 0.5) is 0 Å². The molecule has 70 valence electrons. The molecule has 0 amide bonds. The van der Waals surface area contributed by atoms with Crippen LogP contribution in [0.25, 0.3) is 0 Å². The molecule has 0 radical (unpaired) electrons. The normalized spacial score (nSPS) is 15.9. The Bertz CT molecular complexity index is 199. The molecule has 6 heteroatoms. The molecular formula is C6H14N4O2. The quantitative estimate of drug-likeness (QED) is 0.155. The molecule has 0 spiro atoms. The molecule has 0 rings (SSSR count). The van der Waals surface area contributed by atoms with E-state index in [-0.39, 0.29) is 18.9 Å². The van der Waals surface area contributed by atoms with Crippen LogP contribution in [0.15, 0.2) is 0 Å². The minimum atomic E-state index is -1.12. The maximum Gasteiger partial charge on any atom is 0.320 e. The Hall–Kier alpha value is -1.30. The van der Waals surface area contributed by atoms with Gasteiger partial charge in [-0.1, -0.05) is 0 Å². The fourth-order valence-electron chi connectivity index (χ4n) is 0.546. The van der Waals surface area contributed by atoms with Crippen molar-refractivity contribution in [2.45, 2.75) is 18.9 Å².